The topological polar surface area (TPSA) is 29.3 Å². The molecule has 0 aliphatic carbocycles. The fourth-order valence-electron chi connectivity index (χ4n) is 3.28. The van der Waals surface area contributed by atoms with Gasteiger partial charge in [-0.3, -0.25) is 4.90 Å². The van der Waals surface area contributed by atoms with E-state index in [0.29, 0.717) is 6.04 Å². The third-order valence-electron chi connectivity index (χ3n) is 4.48. The summed E-state index contributed by atoms with van der Waals surface area (Å²) in [5.41, 5.74) is 7.40. The van der Waals surface area contributed by atoms with Crippen LogP contribution in [0.1, 0.15) is 38.2 Å². The molecule has 2 rings (SSSR count). The SMILES string of the molecule is CC1CCCN(CCCCc2ccccc2)C1CN. The second-order valence-corrected chi connectivity index (χ2v) is 5.90. The van der Waals surface area contributed by atoms with Gasteiger partial charge in [-0.25, -0.2) is 0 Å². The number of likely N-dealkylation sites (tertiary alicyclic amines) is 1. The number of aryl methyl sites for hydroxylation is 1. The number of hydrogen-bond donors (Lipinski definition) is 1. The largest absolute Gasteiger partial charge is 0.329 e. The molecule has 1 heterocycles. The van der Waals surface area contributed by atoms with Crippen LogP contribution in [0.15, 0.2) is 30.3 Å². The molecule has 1 aliphatic heterocycles. The molecule has 1 aliphatic rings. The van der Waals surface area contributed by atoms with Crippen molar-refractivity contribution < 1.29 is 0 Å². The van der Waals surface area contributed by atoms with Crippen molar-refractivity contribution in [2.24, 2.45) is 11.7 Å². The van der Waals surface area contributed by atoms with E-state index in [2.05, 4.69) is 42.2 Å². The highest BCUT2D eigenvalue weighted by Gasteiger charge is 2.26. The van der Waals surface area contributed by atoms with Gasteiger partial charge in [0.05, 0.1) is 0 Å². The molecule has 2 nitrogen and oxygen atoms in total. The van der Waals surface area contributed by atoms with Gasteiger partial charge in [-0.2, -0.15) is 0 Å². The maximum Gasteiger partial charge on any atom is 0.0243 e. The van der Waals surface area contributed by atoms with E-state index in [1.165, 1.54) is 50.8 Å². The molecule has 19 heavy (non-hydrogen) atoms. The number of nitrogens with zero attached hydrogens (tertiary/aromatic N) is 1. The van der Waals surface area contributed by atoms with Gasteiger partial charge in [0.15, 0.2) is 0 Å². The number of nitrogens with two attached hydrogens (primary N) is 1. The van der Waals surface area contributed by atoms with Crippen molar-refractivity contribution in [1.82, 2.24) is 4.90 Å². The maximum absolute atomic E-state index is 5.94. The van der Waals surface area contributed by atoms with Crippen LogP contribution in [0.3, 0.4) is 0 Å². The summed E-state index contributed by atoms with van der Waals surface area (Å²) in [7, 11) is 0. The zero-order valence-corrected chi connectivity index (χ0v) is 12.2. The summed E-state index contributed by atoms with van der Waals surface area (Å²) >= 11 is 0. The first-order valence-electron chi connectivity index (χ1n) is 7.79. The molecule has 2 atom stereocenters. The molecule has 0 aromatic heterocycles. The van der Waals surface area contributed by atoms with Gasteiger partial charge < -0.3 is 5.73 Å². The fourth-order valence-corrected chi connectivity index (χ4v) is 3.28. The zero-order chi connectivity index (χ0) is 13.5. The third kappa shape index (κ3) is 4.32. The Morgan fingerprint density at radius 1 is 1.21 bits per heavy atom. The highest BCUT2D eigenvalue weighted by molar-refractivity contribution is 5.14. The smallest absolute Gasteiger partial charge is 0.0243 e. The standard InChI is InChI=1S/C17H28N2/c1-15-8-7-13-19(17(15)14-18)12-6-5-11-16-9-3-2-4-10-16/h2-4,9-10,15,17H,5-8,11-14,18H2,1H3. The van der Waals surface area contributed by atoms with Gasteiger partial charge >= 0.3 is 0 Å². The first kappa shape index (κ1) is 14.5. The molecule has 0 amide bonds. The summed E-state index contributed by atoms with van der Waals surface area (Å²) in [6.45, 7) is 5.64. The van der Waals surface area contributed by atoms with Gasteiger partial charge in [-0.15, -0.1) is 0 Å². The van der Waals surface area contributed by atoms with Crippen LogP contribution in [0.4, 0.5) is 0 Å². The summed E-state index contributed by atoms with van der Waals surface area (Å²) < 4.78 is 0. The molecule has 2 N–H and O–H groups in total. The van der Waals surface area contributed by atoms with Crippen molar-refractivity contribution in [1.29, 1.82) is 0 Å². The van der Waals surface area contributed by atoms with Gasteiger partial charge in [-0.1, -0.05) is 37.3 Å². The average Bonchev–Trinajstić information content (AvgIpc) is 2.45. The van der Waals surface area contributed by atoms with Gasteiger partial charge in [-0.05, 0) is 56.7 Å². The van der Waals surface area contributed by atoms with E-state index in [9.17, 15) is 0 Å². The molecule has 1 fully saturated rings. The predicted molar refractivity (Wildman–Crippen MR) is 82.2 cm³/mol. The van der Waals surface area contributed by atoms with E-state index in [-0.39, 0.29) is 0 Å². The summed E-state index contributed by atoms with van der Waals surface area (Å²) in [6, 6.07) is 11.4. The third-order valence-corrected chi connectivity index (χ3v) is 4.48. The van der Waals surface area contributed by atoms with E-state index < -0.39 is 0 Å². The molecular weight excluding hydrogens is 232 g/mol. The second-order valence-electron chi connectivity index (χ2n) is 5.90. The fraction of sp³-hybridized carbons (Fsp3) is 0.647. The molecule has 0 bridgehead atoms. The highest BCUT2D eigenvalue weighted by atomic mass is 15.2. The van der Waals surface area contributed by atoms with Crippen LogP contribution >= 0.6 is 0 Å². The van der Waals surface area contributed by atoms with Crippen LogP contribution < -0.4 is 5.73 Å². The Morgan fingerprint density at radius 2 is 2.00 bits per heavy atom. The second kappa shape index (κ2) is 7.66. The first-order chi connectivity index (χ1) is 9.31. The number of benzene rings is 1. The molecule has 0 radical (unpaired) electrons. The molecule has 2 heteroatoms. The molecule has 1 saturated heterocycles. The summed E-state index contributed by atoms with van der Waals surface area (Å²) in [4.78, 5) is 2.62. The molecule has 2 unspecified atom stereocenters. The van der Waals surface area contributed by atoms with Gasteiger partial charge in [0.1, 0.15) is 0 Å². The van der Waals surface area contributed by atoms with E-state index >= 15 is 0 Å². The Kier molecular flexibility index (Phi) is 5.87. The monoisotopic (exact) mass is 260 g/mol. The van der Waals surface area contributed by atoms with Crippen molar-refractivity contribution >= 4 is 0 Å². The Morgan fingerprint density at radius 3 is 2.74 bits per heavy atom. The van der Waals surface area contributed by atoms with E-state index in [1.807, 2.05) is 0 Å². The van der Waals surface area contributed by atoms with Crippen LogP contribution in [-0.2, 0) is 6.42 Å². The molecule has 1 aromatic carbocycles. The summed E-state index contributed by atoms with van der Waals surface area (Å²) in [5.74, 6) is 0.771. The lowest BCUT2D eigenvalue weighted by Crippen LogP contribution is -2.48. The molecule has 106 valence electrons. The van der Waals surface area contributed by atoms with Crippen LogP contribution in [0.5, 0.6) is 0 Å². The lowest BCUT2D eigenvalue weighted by atomic mass is 9.90. The lowest BCUT2D eigenvalue weighted by molar-refractivity contribution is 0.104. The van der Waals surface area contributed by atoms with Crippen LogP contribution in [0.2, 0.25) is 0 Å². The van der Waals surface area contributed by atoms with E-state index in [0.717, 1.165) is 12.5 Å². The Labute approximate surface area is 118 Å². The minimum absolute atomic E-state index is 0.616. The zero-order valence-electron chi connectivity index (χ0n) is 12.2. The Hall–Kier alpha value is -0.860. The number of hydrogen-bond acceptors (Lipinski definition) is 2. The van der Waals surface area contributed by atoms with Crippen LogP contribution in [0, 0.1) is 5.92 Å². The van der Waals surface area contributed by atoms with Crippen molar-refractivity contribution in [3.8, 4) is 0 Å². The molecule has 1 aromatic rings. The van der Waals surface area contributed by atoms with Crippen molar-refractivity contribution in [3.63, 3.8) is 0 Å². The van der Waals surface area contributed by atoms with Crippen molar-refractivity contribution in [3.05, 3.63) is 35.9 Å². The van der Waals surface area contributed by atoms with Gasteiger partial charge in [0.25, 0.3) is 0 Å². The number of unbranched alkanes of at least 4 members (excludes halogenated alkanes) is 1. The van der Waals surface area contributed by atoms with Gasteiger partial charge in [0, 0.05) is 12.6 Å². The molecule has 0 saturated carbocycles. The number of rotatable bonds is 6. The minimum atomic E-state index is 0.616. The first-order valence-corrected chi connectivity index (χ1v) is 7.79. The predicted octanol–water partition coefficient (Wildman–Crippen LogP) is 3.07. The number of piperidine rings is 1. The van der Waals surface area contributed by atoms with Gasteiger partial charge in [0.2, 0.25) is 0 Å². The lowest BCUT2D eigenvalue weighted by Gasteiger charge is -2.39. The normalized spacial score (nSPS) is 24.5. The average molecular weight is 260 g/mol. The Bertz CT molecular complexity index is 350. The van der Waals surface area contributed by atoms with Crippen molar-refractivity contribution in [2.45, 2.75) is 45.1 Å². The molecular formula is C17H28N2. The summed E-state index contributed by atoms with van der Waals surface area (Å²) in [6.07, 6.45) is 6.47. The van der Waals surface area contributed by atoms with Crippen molar-refractivity contribution in [2.75, 3.05) is 19.6 Å². The quantitative estimate of drug-likeness (QED) is 0.797. The minimum Gasteiger partial charge on any atom is -0.329 e. The Balaban J connectivity index is 1.70. The van der Waals surface area contributed by atoms with E-state index in [4.69, 9.17) is 5.73 Å². The van der Waals surface area contributed by atoms with Crippen LogP contribution in [0.25, 0.3) is 0 Å². The van der Waals surface area contributed by atoms with E-state index in [1.54, 1.807) is 0 Å². The maximum atomic E-state index is 5.94. The molecule has 0 spiro atoms. The highest BCUT2D eigenvalue weighted by Crippen LogP contribution is 2.22. The summed E-state index contributed by atoms with van der Waals surface area (Å²) in [5, 5.41) is 0. The van der Waals surface area contributed by atoms with Crippen LogP contribution in [-0.4, -0.2) is 30.6 Å².